The largest absolute Gasteiger partial charge is 0.473 e. The predicted molar refractivity (Wildman–Crippen MR) is 137 cm³/mol. The number of likely N-dealkylation sites (N-methyl/N-ethyl adjacent to an activating group) is 1. The molecule has 186 valence electrons. The highest BCUT2D eigenvalue weighted by Crippen LogP contribution is 2.25. The fourth-order valence-electron chi connectivity index (χ4n) is 3.65. The molecule has 2 heterocycles. The van der Waals surface area contributed by atoms with Gasteiger partial charge in [-0.05, 0) is 42.9 Å². The Morgan fingerprint density at radius 1 is 1.08 bits per heavy atom. The normalized spacial score (nSPS) is 11.0. The van der Waals surface area contributed by atoms with E-state index in [2.05, 4.69) is 20.6 Å². The number of nitrogens with two attached hydrogens (primary N) is 1. The first-order valence-electron chi connectivity index (χ1n) is 11.6. The number of hydrogen-bond acceptors (Lipinski definition) is 8. The van der Waals surface area contributed by atoms with Gasteiger partial charge in [-0.2, -0.15) is 4.98 Å². The van der Waals surface area contributed by atoms with Crippen molar-refractivity contribution in [3.8, 4) is 5.88 Å². The summed E-state index contributed by atoms with van der Waals surface area (Å²) in [6.07, 6.45) is 2.94. The third-order valence-corrected chi connectivity index (χ3v) is 5.63. The molecular formula is C26H28N6O4. The van der Waals surface area contributed by atoms with Crippen molar-refractivity contribution in [2.45, 2.75) is 20.5 Å². The third-order valence-electron chi connectivity index (χ3n) is 5.63. The minimum absolute atomic E-state index is 0.0950. The van der Waals surface area contributed by atoms with Crippen LogP contribution in [0.2, 0.25) is 0 Å². The monoisotopic (exact) mass is 488 g/mol. The van der Waals surface area contributed by atoms with Crippen LogP contribution in [-0.4, -0.2) is 46.3 Å². The number of fused-ring (bicyclic) bond motifs is 1. The van der Waals surface area contributed by atoms with Gasteiger partial charge in [-0.1, -0.05) is 32.0 Å². The number of benzene rings is 2. The lowest BCUT2D eigenvalue weighted by Gasteiger charge is -2.18. The first-order chi connectivity index (χ1) is 17.5. The van der Waals surface area contributed by atoms with E-state index < -0.39 is 5.91 Å². The average molecular weight is 489 g/mol. The zero-order chi connectivity index (χ0) is 25.5. The molecule has 2 aromatic heterocycles. The van der Waals surface area contributed by atoms with Gasteiger partial charge in [0.15, 0.2) is 0 Å². The molecule has 10 heteroatoms. The maximum Gasteiger partial charge on any atom is 0.252 e. The van der Waals surface area contributed by atoms with Gasteiger partial charge in [0, 0.05) is 17.6 Å². The lowest BCUT2D eigenvalue weighted by atomic mass is 10.1. The fourth-order valence-corrected chi connectivity index (χ4v) is 3.65. The molecule has 0 saturated carbocycles. The van der Waals surface area contributed by atoms with Gasteiger partial charge in [0.1, 0.15) is 18.5 Å². The standard InChI is InChI=1S/C26H28N6O4/c1-3-32(4-2)14-23(33)29-20-7-5-6-8-21(20)30-26-28-12-11-24(31-26)36-15-17-9-10-18-19(25(27)34)16-35-22(18)13-17/h5-13,16H,3-4,14-15H2,1-2H3,(H2,27,34)(H,29,33)(H,28,30,31). The zero-order valence-electron chi connectivity index (χ0n) is 20.2. The van der Waals surface area contributed by atoms with Gasteiger partial charge < -0.3 is 25.5 Å². The Balaban J connectivity index is 1.42. The molecule has 0 bridgehead atoms. The van der Waals surface area contributed by atoms with E-state index >= 15 is 0 Å². The molecule has 0 aliphatic heterocycles. The number of aromatic nitrogens is 2. The highest BCUT2D eigenvalue weighted by molar-refractivity contribution is 6.05. The Morgan fingerprint density at radius 2 is 1.86 bits per heavy atom. The molecule has 4 N–H and O–H groups in total. The van der Waals surface area contributed by atoms with Crippen LogP contribution < -0.4 is 21.1 Å². The molecule has 0 atom stereocenters. The summed E-state index contributed by atoms with van der Waals surface area (Å²) in [6.45, 7) is 6.19. The van der Waals surface area contributed by atoms with Crippen molar-refractivity contribution in [1.82, 2.24) is 14.9 Å². The van der Waals surface area contributed by atoms with Gasteiger partial charge in [0.2, 0.25) is 17.7 Å². The molecule has 0 fully saturated rings. The van der Waals surface area contributed by atoms with Gasteiger partial charge in [-0.15, -0.1) is 0 Å². The number of carbonyl (C=O) groups is 2. The van der Waals surface area contributed by atoms with Gasteiger partial charge >= 0.3 is 0 Å². The van der Waals surface area contributed by atoms with Crippen LogP contribution >= 0.6 is 0 Å². The lowest BCUT2D eigenvalue weighted by molar-refractivity contribution is -0.117. The number of amides is 2. The fraction of sp³-hybridized carbons (Fsp3) is 0.231. The van der Waals surface area contributed by atoms with Crippen LogP contribution in [0.15, 0.2) is 65.4 Å². The second kappa shape index (κ2) is 11.3. The molecular weight excluding hydrogens is 460 g/mol. The van der Waals surface area contributed by atoms with E-state index in [4.69, 9.17) is 14.9 Å². The van der Waals surface area contributed by atoms with Crippen LogP contribution in [0.5, 0.6) is 5.88 Å². The van der Waals surface area contributed by atoms with Gasteiger partial charge in [0.25, 0.3) is 5.91 Å². The summed E-state index contributed by atoms with van der Waals surface area (Å²) in [4.78, 5) is 34.7. The van der Waals surface area contributed by atoms with E-state index in [0.29, 0.717) is 46.3 Å². The Labute approximate surface area is 208 Å². The van der Waals surface area contributed by atoms with Crippen LogP contribution in [0.1, 0.15) is 29.8 Å². The van der Waals surface area contributed by atoms with E-state index in [1.807, 2.05) is 49.1 Å². The van der Waals surface area contributed by atoms with Crippen LogP contribution in [0.3, 0.4) is 0 Å². The van der Waals surface area contributed by atoms with E-state index in [-0.39, 0.29) is 12.5 Å². The number of ether oxygens (including phenoxy) is 1. The van der Waals surface area contributed by atoms with Gasteiger partial charge in [0.05, 0.1) is 23.5 Å². The first-order valence-corrected chi connectivity index (χ1v) is 11.6. The summed E-state index contributed by atoms with van der Waals surface area (Å²) in [7, 11) is 0. The number of para-hydroxylation sites is 2. The predicted octanol–water partition coefficient (Wildman–Crippen LogP) is 3.92. The van der Waals surface area contributed by atoms with Crippen molar-refractivity contribution >= 4 is 40.1 Å². The summed E-state index contributed by atoms with van der Waals surface area (Å²) in [5, 5.41) is 6.75. The van der Waals surface area contributed by atoms with Crippen molar-refractivity contribution in [2.24, 2.45) is 5.73 Å². The number of anilines is 3. The number of furan rings is 1. The van der Waals surface area contributed by atoms with Crippen molar-refractivity contribution in [1.29, 1.82) is 0 Å². The lowest BCUT2D eigenvalue weighted by Crippen LogP contribution is -2.33. The maximum absolute atomic E-state index is 12.5. The van der Waals surface area contributed by atoms with Crippen molar-refractivity contribution in [3.63, 3.8) is 0 Å². The molecule has 2 aromatic carbocycles. The third kappa shape index (κ3) is 5.97. The van der Waals surface area contributed by atoms with Crippen LogP contribution in [0.4, 0.5) is 17.3 Å². The minimum Gasteiger partial charge on any atom is -0.473 e. The second-order valence-electron chi connectivity index (χ2n) is 8.03. The number of hydrogen-bond donors (Lipinski definition) is 3. The average Bonchev–Trinajstić information content (AvgIpc) is 3.31. The van der Waals surface area contributed by atoms with E-state index in [0.717, 1.165) is 18.7 Å². The highest BCUT2D eigenvalue weighted by Gasteiger charge is 2.13. The summed E-state index contributed by atoms with van der Waals surface area (Å²) < 4.78 is 11.3. The van der Waals surface area contributed by atoms with E-state index in [1.165, 1.54) is 6.26 Å². The quantitative estimate of drug-likeness (QED) is 0.289. The Kier molecular flexibility index (Phi) is 7.76. The van der Waals surface area contributed by atoms with Gasteiger partial charge in [-0.25, -0.2) is 4.98 Å². The Bertz CT molecular complexity index is 1370. The van der Waals surface area contributed by atoms with Crippen molar-refractivity contribution in [3.05, 3.63) is 72.1 Å². The molecule has 0 spiro atoms. The SMILES string of the molecule is CCN(CC)CC(=O)Nc1ccccc1Nc1nccc(OCc2ccc3c(C(N)=O)coc3c2)n1. The molecule has 0 aliphatic rings. The molecule has 0 aliphatic carbocycles. The topological polar surface area (TPSA) is 136 Å². The van der Waals surface area contributed by atoms with Crippen molar-refractivity contribution < 1.29 is 18.7 Å². The Hall–Kier alpha value is -4.44. The molecule has 0 radical (unpaired) electrons. The second-order valence-corrected chi connectivity index (χ2v) is 8.03. The molecule has 36 heavy (non-hydrogen) atoms. The summed E-state index contributed by atoms with van der Waals surface area (Å²) >= 11 is 0. The molecule has 2 amide bonds. The van der Waals surface area contributed by atoms with Crippen molar-refractivity contribution in [2.75, 3.05) is 30.3 Å². The first kappa shape index (κ1) is 24.7. The molecule has 0 unspecified atom stereocenters. The number of primary amides is 1. The number of nitrogens with zero attached hydrogens (tertiary/aromatic N) is 3. The molecule has 4 rings (SSSR count). The molecule has 10 nitrogen and oxygen atoms in total. The minimum atomic E-state index is -0.538. The van der Waals surface area contributed by atoms with E-state index in [9.17, 15) is 9.59 Å². The summed E-state index contributed by atoms with van der Waals surface area (Å²) in [6, 6.07) is 14.4. The maximum atomic E-state index is 12.5. The van der Waals surface area contributed by atoms with E-state index in [1.54, 1.807) is 24.4 Å². The number of nitrogens with one attached hydrogen (secondary N) is 2. The number of rotatable bonds is 11. The zero-order valence-corrected chi connectivity index (χ0v) is 20.2. The molecule has 0 saturated heterocycles. The van der Waals surface area contributed by atoms with Crippen LogP contribution in [-0.2, 0) is 11.4 Å². The van der Waals surface area contributed by atoms with Crippen LogP contribution in [0, 0.1) is 0 Å². The Morgan fingerprint density at radius 3 is 2.61 bits per heavy atom. The van der Waals surface area contributed by atoms with Crippen LogP contribution in [0.25, 0.3) is 11.0 Å². The highest BCUT2D eigenvalue weighted by atomic mass is 16.5. The smallest absolute Gasteiger partial charge is 0.252 e. The molecule has 4 aromatic rings. The summed E-state index contributed by atoms with van der Waals surface area (Å²) in [5.41, 5.74) is 8.38. The summed E-state index contributed by atoms with van der Waals surface area (Å²) in [5.74, 6) is 0.0599. The van der Waals surface area contributed by atoms with Gasteiger partial charge in [-0.3, -0.25) is 14.5 Å². The number of carbonyl (C=O) groups excluding carboxylic acids is 2.